The third-order valence-corrected chi connectivity index (χ3v) is 4.60. The minimum Gasteiger partial charge on any atom is -0.320 e. The summed E-state index contributed by atoms with van der Waals surface area (Å²) in [4.78, 5) is 13.8. The molecule has 0 aliphatic carbocycles. The third-order valence-electron chi connectivity index (χ3n) is 3.37. The highest BCUT2D eigenvalue weighted by molar-refractivity contribution is 7.99. The van der Waals surface area contributed by atoms with Crippen LogP contribution >= 0.6 is 11.8 Å². The number of hydrogen-bond acceptors (Lipinski definition) is 3. The fraction of sp³-hybridized carbons (Fsp3) is 0.500. The van der Waals surface area contributed by atoms with Gasteiger partial charge in [-0.3, -0.25) is 10.1 Å². The number of hydrogen-bond donors (Lipinski definition) is 1. The Morgan fingerprint density at radius 3 is 2.63 bits per heavy atom. The predicted octanol–water partition coefficient (Wildman–Crippen LogP) is 2.40. The molecule has 0 bridgehead atoms. The molecule has 1 saturated heterocycles. The lowest BCUT2D eigenvalue weighted by molar-refractivity contribution is -0.128. The van der Waals surface area contributed by atoms with Gasteiger partial charge in [0.2, 0.25) is 5.91 Å². The van der Waals surface area contributed by atoms with Gasteiger partial charge < -0.3 is 4.90 Å². The van der Waals surface area contributed by atoms with Crippen molar-refractivity contribution in [3.8, 4) is 0 Å². The second kappa shape index (κ2) is 5.51. The van der Waals surface area contributed by atoms with E-state index in [4.69, 9.17) is 0 Å². The van der Waals surface area contributed by atoms with Crippen LogP contribution in [0.4, 0.5) is 4.39 Å². The van der Waals surface area contributed by atoms with Crippen LogP contribution in [0.3, 0.4) is 0 Å². The molecule has 19 heavy (non-hydrogen) atoms. The summed E-state index contributed by atoms with van der Waals surface area (Å²) >= 11 is 1.73. The molecule has 5 heteroatoms. The standard InChI is InChI=1S/C14H19FN2OS/c1-14(2,19-3)9-17-12(18)8-16-13(17)10-4-6-11(15)7-5-10/h4-7,13,16H,8-9H2,1-3H3. The van der Waals surface area contributed by atoms with Crippen LogP contribution in [-0.4, -0.2) is 34.9 Å². The van der Waals surface area contributed by atoms with Crippen LogP contribution < -0.4 is 5.32 Å². The van der Waals surface area contributed by atoms with E-state index in [1.54, 1.807) is 23.9 Å². The number of halogens is 1. The smallest absolute Gasteiger partial charge is 0.238 e. The number of rotatable bonds is 4. The van der Waals surface area contributed by atoms with E-state index in [1.807, 2.05) is 11.2 Å². The number of carbonyl (C=O) groups is 1. The predicted molar refractivity (Wildman–Crippen MR) is 76.5 cm³/mol. The van der Waals surface area contributed by atoms with E-state index in [1.165, 1.54) is 12.1 Å². The van der Waals surface area contributed by atoms with E-state index in [2.05, 4.69) is 19.2 Å². The molecular formula is C14H19FN2OS. The van der Waals surface area contributed by atoms with E-state index < -0.39 is 0 Å². The van der Waals surface area contributed by atoms with Gasteiger partial charge in [-0.05, 0) is 37.8 Å². The molecule has 1 aromatic rings. The molecule has 3 nitrogen and oxygen atoms in total. The normalized spacial score (nSPS) is 20.1. The fourth-order valence-corrected chi connectivity index (χ4v) is 2.41. The first-order valence-corrected chi connectivity index (χ1v) is 7.49. The molecule has 1 aromatic carbocycles. The van der Waals surface area contributed by atoms with Crippen molar-refractivity contribution in [1.29, 1.82) is 0 Å². The second-order valence-corrected chi connectivity index (χ2v) is 6.83. The summed E-state index contributed by atoms with van der Waals surface area (Å²) in [7, 11) is 0. The van der Waals surface area contributed by atoms with Gasteiger partial charge >= 0.3 is 0 Å². The maximum Gasteiger partial charge on any atom is 0.238 e. The molecule has 1 atom stereocenters. The van der Waals surface area contributed by atoms with Gasteiger partial charge in [-0.15, -0.1) is 0 Å². The van der Waals surface area contributed by atoms with Crippen LogP contribution in [0.5, 0.6) is 0 Å². The molecule has 1 heterocycles. The quantitative estimate of drug-likeness (QED) is 0.920. The van der Waals surface area contributed by atoms with Crippen LogP contribution in [0.1, 0.15) is 25.6 Å². The van der Waals surface area contributed by atoms with Crippen molar-refractivity contribution in [1.82, 2.24) is 10.2 Å². The number of nitrogens with one attached hydrogen (secondary N) is 1. The van der Waals surface area contributed by atoms with E-state index in [0.29, 0.717) is 13.1 Å². The number of nitrogens with zero attached hydrogens (tertiary/aromatic N) is 1. The van der Waals surface area contributed by atoms with Crippen molar-refractivity contribution < 1.29 is 9.18 Å². The minimum atomic E-state index is -0.260. The van der Waals surface area contributed by atoms with Crippen molar-refractivity contribution in [3.63, 3.8) is 0 Å². The first kappa shape index (κ1) is 14.3. The topological polar surface area (TPSA) is 32.3 Å². The highest BCUT2D eigenvalue weighted by Crippen LogP contribution is 2.29. The van der Waals surface area contributed by atoms with Gasteiger partial charge in [-0.25, -0.2) is 4.39 Å². The SMILES string of the molecule is CSC(C)(C)CN1C(=O)CNC1c1ccc(F)cc1. The minimum absolute atomic E-state index is 0.0000393. The largest absolute Gasteiger partial charge is 0.320 e. The molecule has 0 saturated carbocycles. The van der Waals surface area contributed by atoms with Gasteiger partial charge in [-0.1, -0.05) is 12.1 Å². The average molecular weight is 282 g/mol. The number of thioether (sulfide) groups is 1. The van der Waals surface area contributed by atoms with Gasteiger partial charge in [0.15, 0.2) is 0 Å². The first-order chi connectivity index (χ1) is 8.93. The van der Waals surface area contributed by atoms with Crippen LogP contribution in [0.2, 0.25) is 0 Å². The van der Waals surface area contributed by atoms with E-state index in [9.17, 15) is 9.18 Å². The summed E-state index contributed by atoms with van der Waals surface area (Å²) in [6.07, 6.45) is 1.89. The van der Waals surface area contributed by atoms with Gasteiger partial charge in [0.25, 0.3) is 0 Å². The van der Waals surface area contributed by atoms with Gasteiger partial charge in [0, 0.05) is 11.3 Å². The van der Waals surface area contributed by atoms with Crippen molar-refractivity contribution in [3.05, 3.63) is 35.6 Å². The van der Waals surface area contributed by atoms with Crippen LogP contribution in [0, 0.1) is 5.82 Å². The lowest BCUT2D eigenvalue weighted by atomic mass is 10.1. The maximum atomic E-state index is 13.0. The molecule has 1 unspecified atom stereocenters. The van der Waals surface area contributed by atoms with Crippen LogP contribution in [0.25, 0.3) is 0 Å². The maximum absolute atomic E-state index is 13.0. The molecule has 1 amide bonds. The van der Waals surface area contributed by atoms with Crippen molar-refractivity contribution in [2.75, 3.05) is 19.3 Å². The lowest BCUT2D eigenvalue weighted by Crippen LogP contribution is -2.40. The third kappa shape index (κ3) is 3.28. The summed E-state index contributed by atoms with van der Waals surface area (Å²) in [5.74, 6) is -0.166. The van der Waals surface area contributed by atoms with Gasteiger partial charge in [0.05, 0.1) is 6.54 Å². The molecule has 104 valence electrons. The Morgan fingerprint density at radius 1 is 1.42 bits per heavy atom. The highest BCUT2D eigenvalue weighted by Gasteiger charge is 2.35. The average Bonchev–Trinajstić information content (AvgIpc) is 2.72. The summed E-state index contributed by atoms with van der Waals surface area (Å²) in [6, 6.07) is 6.31. The van der Waals surface area contributed by atoms with E-state index in [-0.39, 0.29) is 22.6 Å². The fourth-order valence-electron chi connectivity index (χ4n) is 2.14. The van der Waals surface area contributed by atoms with Gasteiger partial charge in [-0.2, -0.15) is 11.8 Å². The van der Waals surface area contributed by atoms with Crippen LogP contribution in [0.15, 0.2) is 24.3 Å². The summed E-state index contributed by atoms with van der Waals surface area (Å²) in [5, 5.41) is 3.18. The number of amides is 1. The van der Waals surface area contributed by atoms with Crippen LogP contribution in [-0.2, 0) is 4.79 Å². The Hall–Kier alpha value is -1.07. The van der Waals surface area contributed by atoms with Crippen molar-refractivity contribution in [2.24, 2.45) is 0 Å². The van der Waals surface area contributed by atoms with Crippen molar-refractivity contribution in [2.45, 2.75) is 24.8 Å². The van der Waals surface area contributed by atoms with E-state index >= 15 is 0 Å². The molecule has 1 N–H and O–H groups in total. The molecule has 0 radical (unpaired) electrons. The summed E-state index contributed by atoms with van der Waals surface area (Å²) < 4.78 is 13.0. The Morgan fingerprint density at radius 2 is 2.05 bits per heavy atom. The highest BCUT2D eigenvalue weighted by atomic mass is 32.2. The zero-order valence-electron chi connectivity index (χ0n) is 11.4. The monoisotopic (exact) mass is 282 g/mol. The number of benzene rings is 1. The molecule has 1 fully saturated rings. The lowest BCUT2D eigenvalue weighted by Gasteiger charge is -2.32. The Kier molecular flexibility index (Phi) is 4.16. The molecule has 1 aliphatic heterocycles. The Labute approximate surface area is 117 Å². The Bertz CT molecular complexity index is 461. The number of carbonyl (C=O) groups excluding carboxylic acids is 1. The Balaban J connectivity index is 2.20. The second-order valence-electron chi connectivity index (χ2n) is 5.32. The molecule has 1 aliphatic rings. The summed E-state index contributed by atoms with van der Waals surface area (Å²) in [5.41, 5.74) is 0.921. The van der Waals surface area contributed by atoms with Gasteiger partial charge in [0.1, 0.15) is 12.0 Å². The molecule has 0 aromatic heterocycles. The molecule has 0 spiro atoms. The zero-order chi connectivity index (χ0) is 14.0. The van der Waals surface area contributed by atoms with Crippen molar-refractivity contribution >= 4 is 17.7 Å². The zero-order valence-corrected chi connectivity index (χ0v) is 12.3. The molecular weight excluding hydrogens is 263 g/mol. The summed E-state index contributed by atoms with van der Waals surface area (Å²) in [6.45, 7) is 5.24. The van der Waals surface area contributed by atoms with E-state index in [0.717, 1.165) is 5.56 Å². The first-order valence-electron chi connectivity index (χ1n) is 6.26. The molecule has 2 rings (SSSR count).